The predicted molar refractivity (Wildman–Crippen MR) is 77.9 cm³/mol. The normalized spacial score (nSPS) is 18.9. The van der Waals surface area contributed by atoms with Gasteiger partial charge >= 0.3 is 0 Å². The molecule has 20 heavy (non-hydrogen) atoms. The van der Waals surface area contributed by atoms with Crippen LogP contribution in [0.4, 0.5) is 0 Å². The molecule has 0 aliphatic carbocycles. The van der Waals surface area contributed by atoms with Crippen molar-refractivity contribution in [2.75, 3.05) is 6.54 Å². The largest absolute Gasteiger partial charge is 0.355 e. The second-order valence-electron chi connectivity index (χ2n) is 4.39. The Bertz CT molecular complexity index is 561. The van der Waals surface area contributed by atoms with Gasteiger partial charge in [-0.05, 0) is 25.0 Å². The van der Waals surface area contributed by atoms with Crippen LogP contribution in [0.5, 0.6) is 0 Å². The van der Waals surface area contributed by atoms with E-state index in [4.69, 9.17) is 23.2 Å². The zero-order valence-electron chi connectivity index (χ0n) is 10.5. The van der Waals surface area contributed by atoms with Crippen molar-refractivity contribution in [3.8, 4) is 0 Å². The molecule has 7 heteroatoms. The highest BCUT2D eigenvalue weighted by atomic mass is 35.5. The lowest BCUT2D eigenvalue weighted by atomic mass is 9.98. The Balaban J connectivity index is 1.95. The Kier molecular flexibility index (Phi) is 4.98. The molecule has 1 aliphatic heterocycles. The van der Waals surface area contributed by atoms with Gasteiger partial charge in [0.15, 0.2) is 0 Å². The number of hydrogen-bond acceptors (Lipinski definition) is 3. The van der Waals surface area contributed by atoms with Gasteiger partial charge in [-0.3, -0.25) is 9.59 Å². The van der Waals surface area contributed by atoms with E-state index >= 15 is 0 Å². The number of piperidine rings is 1. The Labute approximate surface area is 126 Å². The number of nitrogens with one attached hydrogen (secondary N) is 2. The number of carbonyl (C=O) groups excluding carboxylic acids is 2. The summed E-state index contributed by atoms with van der Waals surface area (Å²) < 4.78 is 0. The highest BCUT2D eigenvalue weighted by molar-refractivity contribution is 6.36. The molecule has 5 nitrogen and oxygen atoms in total. The molecule has 1 heterocycles. The SMILES string of the molecule is O=C1NCCC[C@H]1C(=O)N/N=C\c1ccc(Cl)cc1Cl. The molecule has 1 fully saturated rings. The molecule has 1 aromatic carbocycles. The monoisotopic (exact) mass is 313 g/mol. The second-order valence-corrected chi connectivity index (χ2v) is 5.23. The molecule has 0 radical (unpaired) electrons. The van der Waals surface area contributed by atoms with Gasteiger partial charge in [0.05, 0.1) is 11.2 Å². The Morgan fingerprint density at radius 3 is 2.95 bits per heavy atom. The van der Waals surface area contributed by atoms with Crippen molar-refractivity contribution < 1.29 is 9.59 Å². The number of hydrazone groups is 1. The molecule has 1 aromatic rings. The average Bonchev–Trinajstić information content (AvgIpc) is 2.41. The molecule has 0 aromatic heterocycles. The lowest BCUT2D eigenvalue weighted by molar-refractivity contribution is -0.136. The van der Waals surface area contributed by atoms with Crippen LogP contribution in [-0.4, -0.2) is 24.6 Å². The first-order chi connectivity index (χ1) is 9.58. The van der Waals surface area contributed by atoms with Gasteiger partial charge in [0.2, 0.25) is 5.91 Å². The number of hydrogen-bond donors (Lipinski definition) is 2. The Morgan fingerprint density at radius 2 is 2.25 bits per heavy atom. The highest BCUT2D eigenvalue weighted by Gasteiger charge is 2.28. The molecule has 1 atom stereocenters. The molecule has 2 amide bonds. The van der Waals surface area contributed by atoms with Crippen LogP contribution in [0.1, 0.15) is 18.4 Å². The van der Waals surface area contributed by atoms with E-state index in [9.17, 15) is 9.59 Å². The van der Waals surface area contributed by atoms with Crippen LogP contribution in [0.25, 0.3) is 0 Å². The van der Waals surface area contributed by atoms with Crippen molar-refractivity contribution in [2.24, 2.45) is 11.0 Å². The fraction of sp³-hybridized carbons (Fsp3) is 0.308. The van der Waals surface area contributed by atoms with Crippen molar-refractivity contribution in [3.05, 3.63) is 33.8 Å². The molecule has 2 N–H and O–H groups in total. The van der Waals surface area contributed by atoms with Crippen LogP contribution in [-0.2, 0) is 9.59 Å². The van der Waals surface area contributed by atoms with Gasteiger partial charge in [0, 0.05) is 17.1 Å². The van der Waals surface area contributed by atoms with Gasteiger partial charge < -0.3 is 5.32 Å². The van der Waals surface area contributed by atoms with Gasteiger partial charge in [-0.1, -0.05) is 29.3 Å². The summed E-state index contributed by atoms with van der Waals surface area (Å²) in [6.07, 6.45) is 2.74. The summed E-state index contributed by atoms with van der Waals surface area (Å²) in [6.45, 7) is 0.617. The summed E-state index contributed by atoms with van der Waals surface area (Å²) >= 11 is 11.7. The summed E-state index contributed by atoms with van der Waals surface area (Å²) in [5, 5.41) is 7.42. The summed E-state index contributed by atoms with van der Waals surface area (Å²) in [5.41, 5.74) is 2.98. The van der Waals surface area contributed by atoms with E-state index in [0.29, 0.717) is 28.6 Å². The maximum Gasteiger partial charge on any atom is 0.252 e. The second kappa shape index (κ2) is 6.72. The van der Waals surface area contributed by atoms with Crippen molar-refractivity contribution in [1.82, 2.24) is 10.7 Å². The first kappa shape index (κ1) is 14.8. The van der Waals surface area contributed by atoms with Crippen LogP contribution in [0.3, 0.4) is 0 Å². The van der Waals surface area contributed by atoms with E-state index in [0.717, 1.165) is 6.42 Å². The molecule has 106 valence electrons. The van der Waals surface area contributed by atoms with Crippen LogP contribution >= 0.6 is 23.2 Å². The number of carbonyl (C=O) groups is 2. The minimum absolute atomic E-state index is 0.256. The Morgan fingerprint density at radius 1 is 1.45 bits per heavy atom. The van der Waals surface area contributed by atoms with Crippen molar-refractivity contribution >= 4 is 41.2 Å². The zero-order chi connectivity index (χ0) is 14.5. The van der Waals surface area contributed by atoms with Gasteiger partial charge in [0.1, 0.15) is 5.92 Å². The van der Waals surface area contributed by atoms with E-state index in [2.05, 4.69) is 15.8 Å². The molecular formula is C13H13Cl2N3O2. The first-order valence-corrected chi connectivity index (χ1v) is 6.89. The standard InChI is InChI=1S/C13H13Cl2N3O2/c14-9-4-3-8(11(15)6-9)7-17-18-13(20)10-2-1-5-16-12(10)19/h3-4,6-7,10H,1-2,5H2,(H,16,19)(H,18,20)/b17-7-/t10-/m1/s1. The summed E-state index contributed by atoms with van der Waals surface area (Å²) in [4.78, 5) is 23.3. The third-order valence-electron chi connectivity index (χ3n) is 2.94. The van der Waals surface area contributed by atoms with E-state index in [1.165, 1.54) is 6.21 Å². The molecule has 0 saturated carbocycles. The number of benzene rings is 1. The smallest absolute Gasteiger partial charge is 0.252 e. The molecule has 1 aliphatic rings. The maximum atomic E-state index is 11.8. The van der Waals surface area contributed by atoms with Crippen LogP contribution < -0.4 is 10.7 Å². The van der Waals surface area contributed by atoms with E-state index < -0.39 is 11.8 Å². The van der Waals surface area contributed by atoms with Crippen LogP contribution in [0, 0.1) is 5.92 Å². The van der Waals surface area contributed by atoms with Crippen molar-refractivity contribution in [1.29, 1.82) is 0 Å². The fourth-order valence-corrected chi connectivity index (χ4v) is 2.33. The molecular weight excluding hydrogens is 301 g/mol. The lowest BCUT2D eigenvalue weighted by Crippen LogP contribution is -2.43. The van der Waals surface area contributed by atoms with Gasteiger partial charge in [-0.2, -0.15) is 5.10 Å². The quantitative estimate of drug-likeness (QED) is 0.509. The van der Waals surface area contributed by atoms with Gasteiger partial charge in [-0.25, -0.2) is 5.43 Å². The molecule has 0 spiro atoms. The van der Waals surface area contributed by atoms with Gasteiger partial charge in [0.25, 0.3) is 5.91 Å². The minimum atomic E-state index is -0.679. The Hall–Kier alpha value is -1.59. The number of nitrogens with zero attached hydrogens (tertiary/aromatic N) is 1. The lowest BCUT2D eigenvalue weighted by Gasteiger charge is -2.19. The average molecular weight is 314 g/mol. The summed E-state index contributed by atoms with van der Waals surface area (Å²) in [7, 11) is 0. The van der Waals surface area contributed by atoms with E-state index in [-0.39, 0.29) is 5.91 Å². The fourth-order valence-electron chi connectivity index (χ4n) is 1.87. The maximum absolute atomic E-state index is 11.8. The third-order valence-corrected chi connectivity index (χ3v) is 3.51. The highest BCUT2D eigenvalue weighted by Crippen LogP contribution is 2.19. The zero-order valence-corrected chi connectivity index (χ0v) is 12.0. The minimum Gasteiger partial charge on any atom is -0.355 e. The van der Waals surface area contributed by atoms with Gasteiger partial charge in [-0.15, -0.1) is 0 Å². The summed E-state index contributed by atoms with van der Waals surface area (Å²) in [5.74, 6) is -1.35. The third kappa shape index (κ3) is 3.71. The molecule has 0 unspecified atom stereocenters. The number of amides is 2. The number of halogens is 2. The van der Waals surface area contributed by atoms with Crippen molar-refractivity contribution in [2.45, 2.75) is 12.8 Å². The summed E-state index contributed by atoms with van der Waals surface area (Å²) in [6, 6.07) is 4.94. The predicted octanol–water partition coefficient (Wildman–Crippen LogP) is 1.97. The van der Waals surface area contributed by atoms with E-state index in [1.54, 1.807) is 18.2 Å². The molecule has 1 saturated heterocycles. The van der Waals surface area contributed by atoms with Crippen molar-refractivity contribution in [3.63, 3.8) is 0 Å². The molecule has 0 bridgehead atoms. The topological polar surface area (TPSA) is 70.6 Å². The number of rotatable bonds is 3. The van der Waals surface area contributed by atoms with Crippen LogP contribution in [0.15, 0.2) is 23.3 Å². The van der Waals surface area contributed by atoms with Crippen LogP contribution in [0.2, 0.25) is 10.0 Å². The van der Waals surface area contributed by atoms with E-state index in [1.807, 2.05) is 0 Å². The molecule has 2 rings (SSSR count). The first-order valence-electron chi connectivity index (χ1n) is 6.13.